The fourth-order valence-corrected chi connectivity index (χ4v) is 2.81. The minimum atomic E-state index is 0.0981. The fourth-order valence-electron chi connectivity index (χ4n) is 2.81. The molecule has 0 radical (unpaired) electrons. The molecule has 0 N–H and O–H groups in total. The van der Waals surface area contributed by atoms with E-state index >= 15 is 0 Å². The molecule has 0 bridgehead atoms. The van der Waals surface area contributed by atoms with Crippen molar-refractivity contribution in [3.63, 3.8) is 0 Å². The number of aldehydes is 1. The van der Waals surface area contributed by atoms with Crippen molar-refractivity contribution in [1.29, 1.82) is 0 Å². The Balaban J connectivity index is 1.62. The van der Waals surface area contributed by atoms with Gasteiger partial charge in [0.15, 0.2) is 0 Å². The summed E-state index contributed by atoms with van der Waals surface area (Å²) in [6.07, 6.45) is 0.849. The van der Waals surface area contributed by atoms with Gasteiger partial charge in [0.25, 0.3) is 5.91 Å². The summed E-state index contributed by atoms with van der Waals surface area (Å²) in [7, 11) is 0. The van der Waals surface area contributed by atoms with Crippen LogP contribution in [0.25, 0.3) is 0 Å². The van der Waals surface area contributed by atoms with Crippen molar-refractivity contribution < 1.29 is 9.59 Å². The van der Waals surface area contributed by atoms with Crippen LogP contribution in [0.2, 0.25) is 0 Å². The second kappa shape index (κ2) is 6.65. The van der Waals surface area contributed by atoms with Crippen LogP contribution in [0.3, 0.4) is 0 Å². The fraction of sp³-hybridized carbons (Fsp3) is 0.263. The van der Waals surface area contributed by atoms with E-state index in [0.29, 0.717) is 18.7 Å². The Morgan fingerprint density at radius 2 is 1.52 bits per heavy atom. The Hall–Kier alpha value is -2.62. The second-order valence-corrected chi connectivity index (χ2v) is 5.85. The molecular weight excluding hydrogens is 288 g/mol. The molecule has 1 amide bonds. The molecular formula is C19H20N2O2. The van der Waals surface area contributed by atoms with E-state index in [1.807, 2.05) is 60.4 Å². The molecule has 0 aromatic heterocycles. The maximum atomic E-state index is 12.5. The summed E-state index contributed by atoms with van der Waals surface area (Å²) in [5.74, 6) is 0.0981. The number of hydrogen-bond donors (Lipinski definition) is 0. The summed E-state index contributed by atoms with van der Waals surface area (Å²) in [4.78, 5) is 27.4. The normalized spacial score (nSPS) is 14.7. The molecule has 118 valence electrons. The van der Waals surface area contributed by atoms with Gasteiger partial charge >= 0.3 is 0 Å². The number of aryl methyl sites for hydroxylation is 1. The first-order chi connectivity index (χ1) is 11.2. The first-order valence-electron chi connectivity index (χ1n) is 7.83. The molecule has 0 atom stereocenters. The molecule has 1 saturated heterocycles. The largest absolute Gasteiger partial charge is 0.368 e. The van der Waals surface area contributed by atoms with E-state index in [4.69, 9.17) is 0 Å². The van der Waals surface area contributed by atoms with E-state index in [2.05, 4.69) is 4.90 Å². The molecule has 23 heavy (non-hydrogen) atoms. The molecule has 0 aliphatic carbocycles. The molecule has 1 aliphatic heterocycles. The standard InChI is InChI=1S/C19H20N2O2/c1-15-2-6-17(7-3-15)19(23)21-12-10-20(11-13-21)18-8-4-16(14-22)5-9-18/h2-9,14H,10-13H2,1H3. The Kier molecular flexibility index (Phi) is 4.42. The van der Waals surface area contributed by atoms with E-state index in [1.165, 1.54) is 0 Å². The van der Waals surface area contributed by atoms with Gasteiger partial charge in [-0.05, 0) is 43.3 Å². The molecule has 0 saturated carbocycles. The number of piperazine rings is 1. The maximum Gasteiger partial charge on any atom is 0.253 e. The first-order valence-corrected chi connectivity index (χ1v) is 7.83. The summed E-state index contributed by atoms with van der Waals surface area (Å²) in [6.45, 7) is 5.04. The van der Waals surface area contributed by atoms with Crippen LogP contribution in [0.1, 0.15) is 26.3 Å². The lowest BCUT2D eigenvalue weighted by atomic mass is 10.1. The van der Waals surface area contributed by atoms with Gasteiger partial charge in [0, 0.05) is 43.0 Å². The summed E-state index contributed by atoms with van der Waals surface area (Å²) in [5, 5.41) is 0. The Bertz CT molecular complexity index is 684. The van der Waals surface area contributed by atoms with Gasteiger partial charge < -0.3 is 9.80 Å². The highest BCUT2D eigenvalue weighted by Gasteiger charge is 2.22. The van der Waals surface area contributed by atoms with Gasteiger partial charge in [-0.25, -0.2) is 0 Å². The lowest BCUT2D eigenvalue weighted by Gasteiger charge is -2.36. The van der Waals surface area contributed by atoms with Crippen molar-refractivity contribution >= 4 is 17.9 Å². The highest BCUT2D eigenvalue weighted by molar-refractivity contribution is 5.94. The van der Waals surface area contributed by atoms with Crippen LogP contribution in [0.4, 0.5) is 5.69 Å². The van der Waals surface area contributed by atoms with Gasteiger partial charge in [-0.1, -0.05) is 17.7 Å². The minimum absolute atomic E-state index is 0.0981. The minimum Gasteiger partial charge on any atom is -0.368 e. The molecule has 2 aromatic rings. The summed E-state index contributed by atoms with van der Waals surface area (Å²) >= 11 is 0. The van der Waals surface area contributed by atoms with Gasteiger partial charge in [-0.2, -0.15) is 0 Å². The zero-order chi connectivity index (χ0) is 16.2. The van der Waals surface area contributed by atoms with Crippen molar-refractivity contribution in [1.82, 2.24) is 4.90 Å². The number of hydrogen-bond acceptors (Lipinski definition) is 3. The Morgan fingerprint density at radius 1 is 0.913 bits per heavy atom. The van der Waals surface area contributed by atoms with Crippen LogP contribution in [0.5, 0.6) is 0 Å². The zero-order valence-electron chi connectivity index (χ0n) is 13.2. The van der Waals surface area contributed by atoms with Crippen LogP contribution < -0.4 is 4.90 Å². The van der Waals surface area contributed by atoms with Crippen LogP contribution in [-0.2, 0) is 0 Å². The monoisotopic (exact) mass is 308 g/mol. The molecule has 4 heteroatoms. The van der Waals surface area contributed by atoms with Crippen LogP contribution >= 0.6 is 0 Å². The first kappa shape index (κ1) is 15.3. The van der Waals surface area contributed by atoms with Gasteiger partial charge in [-0.15, -0.1) is 0 Å². The van der Waals surface area contributed by atoms with Gasteiger partial charge in [0.2, 0.25) is 0 Å². The molecule has 3 rings (SSSR count). The summed E-state index contributed by atoms with van der Waals surface area (Å²) in [5.41, 5.74) is 3.68. The average molecular weight is 308 g/mol. The van der Waals surface area contributed by atoms with Crippen molar-refractivity contribution in [2.24, 2.45) is 0 Å². The van der Waals surface area contributed by atoms with Crippen LogP contribution in [-0.4, -0.2) is 43.3 Å². The third-order valence-electron chi connectivity index (χ3n) is 4.26. The molecule has 1 fully saturated rings. The van der Waals surface area contributed by atoms with Crippen molar-refractivity contribution in [3.05, 3.63) is 65.2 Å². The van der Waals surface area contributed by atoms with Crippen LogP contribution in [0, 0.1) is 6.92 Å². The summed E-state index contributed by atoms with van der Waals surface area (Å²) in [6, 6.07) is 15.3. The van der Waals surface area contributed by atoms with Crippen molar-refractivity contribution in [3.8, 4) is 0 Å². The number of benzene rings is 2. The van der Waals surface area contributed by atoms with Gasteiger partial charge in [0.05, 0.1) is 0 Å². The average Bonchev–Trinajstić information content (AvgIpc) is 2.62. The van der Waals surface area contributed by atoms with Gasteiger partial charge in [-0.3, -0.25) is 9.59 Å². The third-order valence-corrected chi connectivity index (χ3v) is 4.26. The topological polar surface area (TPSA) is 40.6 Å². The number of anilines is 1. The molecule has 1 heterocycles. The van der Waals surface area contributed by atoms with E-state index in [1.54, 1.807) is 0 Å². The Morgan fingerprint density at radius 3 is 2.09 bits per heavy atom. The number of rotatable bonds is 3. The number of carbonyl (C=O) groups is 2. The van der Waals surface area contributed by atoms with E-state index < -0.39 is 0 Å². The maximum absolute atomic E-state index is 12.5. The smallest absolute Gasteiger partial charge is 0.253 e. The molecule has 0 unspecified atom stereocenters. The van der Waals surface area contributed by atoms with E-state index in [0.717, 1.165) is 36.2 Å². The molecule has 2 aromatic carbocycles. The molecule has 0 spiro atoms. The third kappa shape index (κ3) is 3.42. The SMILES string of the molecule is Cc1ccc(C(=O)N2CCN(c3ccc(C=O)cc3)CC2)cc1. The predicted molar refractivity (Wildman–Crippen MR) is 91.1 cm³/mol. The highest BCUT2D eigenvalue weighted by Crippen LogP contribution is 2.18. The molecule has 4 nitrogen and oxygen atoms in total. The highest BCUT2D eigenvalue weighted by atomic mass is 16.2. The zero-order valence-corrected chi connectivity index (χ0v) is 13.2. The number of amides is 1. The van der Waals surface area contributed by atoms with Crippen LogP contribution in [0.15, 0.2) is 48.5 Å². The lowest BCUT2D eigenvalue weighted by Crippen LogP contribution is -2.48. The number of carbonyl (C=O) groups excluding carboxylic acids is 2. The predicted octanol–water partition coefficient (Wildman–Crippen LogP) is 2.77. The lowest BCUT2D eigenvalue weighted by molar-refractivity contribution is 0.0746. The number of nitrogens with zero attached hydrogens (tertiary/aromatic N) is 2. The van der Waals surface area contributed by atoms with Crippen molar-refractivity contribution in [2.45, 2.75) is 6.92 Å². The van der Waals surface area contributed by atoms with Crippen molar-refractivity contribution in [2.75, 3.05) is 31.1 Å². The quantitative estimate of drug-likeness (QED) is 0.819. The van der Waals surface area contributed by atoms with E-state index in [-0.39, 0.29) is 5.91 Å². The Labute approximate surface area is 136 Å². The summed E-state index contributed by atoms with van der Waals surface area (Å²) < 4.78 is 0. The molecule has 1 aliphatic rings. The van der Waals surface area contributed by atoms with E-state index in [9.17, 15) is 9.59 Å². The second-order valence-electron chi connectivity index (χ2n) is 5.85. The van der Waals surface area contributed by atoms with Gasteiger partial charge in [0.1, 0.15) is 6.29 Å².